The summed E-state index contributed by atoms with van der Waals surface area (Å²) < 4.78 is 18.6. The molecule has 0 bridgehead atoms. The van der Waals surface area contributed by atoms with Gasteiger partial charge in [0.1, 0.15) is 19.0 Å². The van der Waals surface area contributed by atoms with E-state index in [0.29, 0.717) is 49.7 Å². The van der Waals surface area contributed by atoms with Crippen LogP contribution in [0.25, 0.3) is 5.57 Å². The molecule has 0 radical (unpaired) electrons. The molecule has 1 fully saturated rings. The van der Waals surface area contributed by atoms with Crippen molar-refractivity contribution in [1.29, 1.82) is 0 Å². The van der Waals surface area contributed by atoms with Gasteiger partial charge in [-0.25, -0.2) is 0 Å². The van der Waals surface area contributed by atoms with Crippen LogP contribution in [0, 0.1) is 22.7 Å². The maximum atomic E-state index is 15.2. The van der Waals surface area contributed by atoms with Crippen molar-refractivity contribution in [2.45, 2.75) is 71.5 Å². The number of benzene rings is 3. The monoisotopic (exact) mass is 643 g/mol. The van der Waals surface area contributed by atoms with Crippen LogP contribution >= 0.6 is 0 Å². The van der Waals surface area contributed by atoms with Gasteiger partial charge in [-0.2, -0.15) is 0 Å². The Morgan fingerprint density at radius 1 is 0.938 bits per heavy atom. The molecule has 0 amide bonds. The summed E-state index contributed by atoms with van der Waals surface area (Å²) in [7, 11) is 0. The maximum absolute atomic E-state index is 15.2. The predicted octanol–water partition coefficient (Wildman–Crippen LogP) is 7.86. The lowest BCUT2D eigenvalue weighted by molar-refractivity contribution is -0.148. The van der Waals surface area contributed by atoms with Crippen LogP contribution in [0.2, 0.25) is 0 Å². The first-order valence-corrected chi connectivity index (χ1v) is 17.2. The smallest absolute Gasteiger partial charge is 0.262 e. The minimum absolute atomic E-state index is 0.0933. The molecule has 5 unspecified atom stereocenters. The summed E-state index contributed by atoms with van der Waals surface area (Å²) >= 11 is 0. The minimum atomic E-state index is -0.982. The number of ether oxygens (including phenoxy) is 2. The van der Waals surface area contributed by atoms with Crippen molar-refractivity contribution in [3.05, 3.63) is 118 Å². The number of aliphatic hydroxyl groups is 1. The normalized spacial score (nSPS) is 26.8. The van der Waals surface area contributed by atoms with Crippen LogP contribution in [0.15, 0.2) is 83.4 Å². The summed E-state index contributed by atoms with van der Waals surface area (Å²) in [6.45, 7) is 6.73. The highest BCUT2D eigenvalue weighted by Crippen LogP contribution is 2.71. The average molecular weight is 644 g/mol. The zero-order chi connectivity index (χ0) is 33.2. The predicted molar refractivity (Wildman–Crippen MR) is 181 cm³/mol. The molecule has 0 aliphatic heterocycles. The van der Waals surface area contributed by atoms with Gasteiger partial charge in [0.25, 0.3) is 5.88 Å². The van der Waals surface area contributed by atoms with E-state index in [1.165, 1.54) is 0 Å². The van der Waals surface area contributed by atoms with Crippen molar-refractivity contribution >= 4 is 17.1 Å². The maximum Gasteiger partial charge on any atom is 0.262 e. The fourth-order valence-corrected chi connectivity index (χ4v) is 9.31. The molecule has 0 saturated heterocycles. The van der Waals surface area contributed by atoms with Gasteiger partial charge in [0.15, 0.2) is 17.3 Å². The minimum Gasteiger partial charge on any atom is -0.488 e. The Balaban J connectivity index is 1.21. The molecule has 1 aromatic heterocycles. The van der Waals surface area contributed by atoms with Crippen LogP contribution in [-0.2, 0) is 24.4 Å². The van der Waals surface area contributed by atoms with Gasteiger partial charge in [0.05, 0.1) is 29.1 Å². The number of Topliss-reactive ketones (excluding diaryl/α,β-unsaturated/α-hetero) is 2. The second-order valence-corrected chi connectivity index (χ2v) is 14.4. The lowest BCUT2D eigenvalue weighted by atomic mass is 9.39. The highest BCUT2D eigenvalue weighted by atomic mass is 16.5. The standard InChI is InChI=1S/C41H41NO6/c1-4-27-31-20-40(23-43)19-29-28(24(2)3)15-16-32(46-21-25-11-7-5-8-12-25)33(29)36(44)35(40)38(45)41(31)18-17-30(41)34-37(27)48-42-39(34)47-22-26-13-9-6-10-14-26/h5-17,24,27,31,35,43H,4,18-23H2,1-3H3. The Hall–Kier alpha value is -4.49. The summed E-state index contributed by atoms with van der Waals surface area (Å²) in [4.78, 5) is 30.2. The number of carbonyl (C=O) groups excluding carboxylic acids is 2. The van der Waals surface area contributed by atoms with E-state index in [4.69, 9.17) is 14.0 Å². The number of hydrogen-bond donors (Lipinski definition) is 1. The topological polar surface area (TPSA) is 98.9 Å². The first-order valence-electron chi connectivity index (χ1n) is 17.2. The van der Waals surface area contributed by atoms with Gasteiger partial charge in [-0.05, 0) is 76.6 Å². The first-order chi connectivity index (χ1) is 23.3. The SMILES string of the molecule is CCC1c2onc(OCc3ccccc3)c2C2=CCC23C(=O)C2C(=O)c4c(OCc5ccccc5)ccc(C(C)C)c4CC2(CO)CC13. The lowest BCUT2D eigenvalue weighted by Gasteiger charge is -2.61. The van der Waals surface area contributed by atoms with Crippen molar-refractivity contribution in [2.24, 2.45) is 22.7 Å². The van der Waals surface area contributed by atoms with E-state index in [9.17, 15) is 9.90 Å². The molecule has 7 heteroatoms. The number of aromatic nitrogens is 1. The van der Waals surface area contributed by atoms with Gasteiger partial charge < -0.3 is 19.1 Å². The third kappa shape index (κ3) is 4.39. The number of ketones is 2. The van der Waals surface area contributed by atoms with E-state index in [1.807, 2.05) is 66.7 Å². The van der Waals surface area contributed by atoms with Gasteiger partial charge in [-0.1, -0.05) is 93.6 Å². The van der Waals surface area contributed by atoms with Crippen molar-refractivity contribution in [1.82, 2.24) is 5.16 Å². The summed E-state index contributed by atoms with van der Waals surface area (Å²) in [6.07, 6.45) is 4.34. The van der Waals surface area contributed by atoms with Gasteiger partial charge in [0, 0.05) is 11.3 Å². The van der Waals surface area contributed by atoms with Crippen molar-refractivity contribution in [2.75, 3.05) is 6.61 Å². The highest BCUT2D eigenvalue weighted by Gasteiger charge is 2.70. The number of carbonyl (C=O) groups is 2. The molecule has 4 aromatic rings. The van der Waals surface area contributed by atoms with Gasteiger partial charge in [-0.3, -0.25) is 9.59 Å². The number of allylic oxidation sites excluding steroid dienone is 2. The van der Waals surface area contributed by atoms with E-state index in [2.05, 4.69) is 38.1 Å². The zero-order valence-electron chi connectivity index (χ0n) is 27.7. The second kappa shape index (κ2) is 11.6. The molecule has 4 aliphatic rings. The molecule has 5 atom stereocenters. The molecule has 4 aliphatic carbocycles. The molecule has 48 heavy (non-hydrogen) atoms. The fraction of sp³-hybridized carbons (Fsp3) is 0.390. The van der Waals surface area contributed by atoms with Crippen LogP contribution in [0.5, 0.6) is 11.6 Å². The van der Waals surface area contributed by atoms with Gasteiger partial charge in [0.2, 0.25) is 0 Å². The van der Waals surface area contributed by atoms with Crippen LogP contribution in [0.3, 0.4) is 0 Å². The molecule has 8 rings (SSSR count). The number of rotatable bonds is 9. The number of nitrogens with zero attached hydrogens (tertiary/aromatic N) is 1. The molecule has 1 N–H and O–H groups in total. The van der Waals surface area contributed by atoms with Crippen molar-refractivity contribution in [3.8, 4) is 11.6 Å². The van der Waals surface area contributed by atoms with E-state index in [0.717, 1.165) is 45.6 Å². The van der Waals surface area contributed by atoms with Gasteiger partial charge in [-0.15, -0.1) is 0 Å². The molecule has 1 spiro atoms. The zero-order valence-corrected chi connectivity index (χ0v) is 27.7. The molecule has 1 heterocycles. The van der Waals surface area contributed by atoms with Crippen LogP contribution in [0.4, 0.5) is 0 Å². The molecule has 246 valence electrons. The Morgan fingerprint density at radius 2 is 1.62 bits per heavy atom. The van der Waals surface area contributed by atoms with Crippen LogP contribution in [-0.4, -0.2) is 28.4 Å². The van der Waals surface area contributed by atoms with Crippen molar-refractivity contribution < 1.29 is 28.7 Å². The lowest BCUT2D eigenvalue weighted by Crippen LogP contribution is -2.64. The number of hydrogen-bond acceptors (Lipinski definition) is 7. The third-order valence-electron chi connectivity index (χ3n) is 11.6. The van der Waals surface area contributed by atoms with E-state index in [1.54, 1.807) is 0 Å². The fourth-order valence-electron chi connectivity index (χ4n) is 9.31. The summed E-state index contributed by atoms with van der Waals surface area (Å²) in [5, 5.41) is 15.7. The van der Waals surface area contributed by atoms with Crippen molar-refractivity contribution in [3.63, 3.8) is 0 Å². The summed E-state index contributed by atoms with van der Waals surface area (Å²) in [5.74, 6) is 0.245. The Bertz CT molecular complexity index is 1930. The summed E-state index contributed by atoms with van der Waals surface area (Å²) in [6, 6.07) is 23.7. The molecular formula is C41H41NO6. The molecular weight excluding hydrogens is 602 g/mol. The highest BCUT2D eigenvalue weighted by molar-refractivity contribution is 6.20. The van der Waals surface area contributed by atoms with E-state index >= 15 is 4.79 Å². The van der Waals surface area contributed by atoms with Crippen LogP contribution < -0.4 is 9.47 Å². The Morgan fingerprint density at radius 3 is 2.23 bits per heavy atom. The average Bonchev–Trinajstić information content (AvgIpc) is 3.49. The third-order valence-corrected chi connectivity index (χ3v) is 11.6. The van der Waals surface area contributed by atoms with Crippen LogP contribution in [0.1, 0.15) is 95.8 Å². The number of fused-ring (bicyclic) bond motifs is 4. The van der Waals surface area contributed by atoms with E-state index in [-0.39, 0.29) is 35.9 Å². The molecule has 7 nitrogen and oxygen atoms in total. The van der Waals surface area contributed by atoms with Gasteiger partial charge >= 0.3 is 0 Å². The molecule has 1 saturated carbocycles. The first kappa shape index (κ1) is 30.8. The Kier molecular flexibility index (Phi) is 7.44. The number of aliphatic hydroxyl groups excluding tert-OH is 1. The quantitative estimate of drug-likeness (QED) is 0.185. The Labute approximate surface area is 280 Å². The molecule has 3 aromatic carbocycles. The summed E-state index contributed by atoms with van der Waals surface area (Å²) in [5.41, 5.74) is 4.31. The van der Waals surface area contributed by atoms with E-state index < -0.39 is 16.7 Å². The second-order valence-electron chi connectivity index (χ2n) is 14.4. The largest absolute Gasteiger partial charge is 0.488 e.